The number of aromatic hydroxyl groups is 1. The van der Waals surface area contributed by atoms with Crippen molar-refractivity contribution in [1.29, 1.82) is 0 Å². The van der Waals surface area contributed by atoms with Crippen molar-refractivity contribution in [3.8, 4) is 5.75 Å². The molecule has 0 spiro atoms. The van der Waals surface area contributed by atoms with E-state index in [1.807, 2.05) is 39.0 Å². The predicted octanol–water partition coefficient (Wildman–Crippen LogP) is 2.42. The van der Waals surface area contributed by atoms with Gasteiger partial charge in [-0.25, -0.2) is 0 Å². The Kier molecular flexibility index (Phi) is 1.49. The maximum absolute atomic E-state index is 9.64. The van der Waals surface area contributed by atoms with Crippen LogP contribution in [-0.4, -0.2) is 10.7 Å². The lowest BCUT2D eigenvalue weighted by molar-refractivity contribution is 0.284. The van der Waals surface area contributed by atoms with Crippen molar-refractivity contribution < 1.29 is 9.84 Å². The lowest BCUT2D eigenvalue weighted by Gasteiger charge is -2.10. The second-order valence-corrected chi connectivity index (χ2v) is 4.16. The summed E-state index contributed by atoms with van der Waals surface area (Å²) in [6, 6.07) is 7.33. The molecule has 0 aromatic heterocycles. The lowest BCUT2D eigenvalue weighted by atomic mass is 9.90. The van der Waals surface area contributed by atoms with Crippen LogP contribution in [0.25, 0.3) is 0 Å². The number of epoxide rings is 1. The highest BCUT2D eigenvalue weighted by molar-refractivity contribution is 5.41. The first-order valence-corrected chi connectivity index (χ1v) is 4.46. The molecule has 1 fully saturated rings. The van der Waals surface area contributed by atoms with Crippen molar-refractivity contribution in [3.05, 3.63) is 29.8 Å². The average molecular weight is 178 g/mol. The van der Waals surface area contributed by atoms with Crippen molar-refractivity contribution in [2.75, 3.05) is 0 Å². The molecule has 1 saturated heterocycles. The summed E-state index contributed by atoms with van der Waals surface area (Å²) in [6.07, 6.45) is 0. The van der Waals surface area contributed by atoms with Gasteiger partial charge in [0.15, 0.2) is 0 Å². The van der Waals surface area contributed by atoms with Gasteiger partial charge >= 0.3 is 0 Å². The Hall–Kier alpha value is -1.02. The Balaban J connectivity index is 2.44. The van der Waals surface area contributed by atoms with E-state index in [2.05, 4.69) is 0 Å². The number of phenolic OH excluding ortho intramolecular Hbond substituents is 1. The van der Waals surface area contributed by atoms with E-state index in [4.69, 9.17) is 4.74 Å². The summed E-state index contributed by atoms with van der Waals surface area (Å²) in [7, 11) is 0. The van der Waals surface area contributed by atoms with Gasteiger partial charge in [-0.1, -0.05) is 18.2 Å². The van der Waals surface area contributed by atoms with Gasteiger partial charge in [-0.05, 0) is 26.8 Å². The van der Waals surface area contributed by atoms with Crippen LogP contribution in [0.5, 0.6) is 5.75 Å². The van der Waals surface area contributed by atoms with Crippen molar-refractivity contribution in [2.24, 2.45) is 0 Å². The van der Waals surface area contributed by atoms with Crippen LogP contribution in [0, 0.1) is 0 Å². The van der Waals surface area contributed by atoms with Gasteiger partial charge in [-0.15, -0.1) is 0 Å². The van der Waals surface area contributed by atoms with Crippen LogP contribution in [0.4, 0.5) is 0 Å². The standard InChI is InChI=1S/C11H14O2/c1-10(2)11(3,13-10)8-6-4-5-7-9(8)12/h4-7,12H,1-3H3. The van der Waals surface area contributed by atoms with E-state index in [-0.39, 0.29) is 11.2 Å². The summed E-state index contributed by atoms with van der Waals surface area (Å²) in [5.41, 5.74) is 0.393. The van der Waals surface area contributed by atoms with E-state index in [9.17, 15) is 5.11 Å². The van der Waals surface area contributed by atoms with E-state index in [0.29, 0.717) is 5.75 Å². The minimum Gasteiger partial charge on any atom is -0.508 e. The summed E-state index contributed by atoms with van der Waals surface area (Å²) in [4.78, 5) is 0. The first-order chi connectivity index (χ1) is 5.97. The Labute approximate surface area is 78.2 Å². The maximum atomic E-state index is 9.64. The SMILES string of the molecule is CC1(C)OC1(C)c1ccccc1O. The van der Waals surface area contributed by atoms with Gasteiger partial charge in [0.05, 0.1) is 5.60 Å². The third kappa shape index (κ3) is 1.05. The molecule has 70 valence electrons. The van der Waals surface area contributed by atoms with Crippen LogP contribution in [0.1, 0.15) is 26.3 Å². The molecule has 2 rings (SSSR count). The van der Waals surface area contributed by atoms with Crippen molar-refractivity contribution in [1.82, 2.24) is 0 Å². The Bertz CT molecular complexity index is 344. The van der Waals surface area contributed by atoms with Gasteiger partial charge in [0.2, 0.25) is 0 Å². The fourth-order valence-corrected chi connectivity index (χ4v) is 1.74. The number of hydrogen-bond acceptors (Lipinski definition) is 2. The van der Waals surface area contributed by atoms with E-state index < -0.39 is 0 Å². The Morgan fingerprint density at radius 2 is 1.69 bits per heavy atom. The number of hydrogen-bond donors (Lipinski definition) is 1. The minimum absolute atomic E-state index is 0.161. The number of ether oxygens (including phenoxy) is 1. The van der Waals surface area contributed by atoms with E-state index in [0.717, 1.165) is 5.56 Å². The molecule has 1 aromatic rings. The highest BCUT2D eigenvalue weighted by Gasteiger charge is 2.62. The zero-order chi connectivity index (χ0) is 9.69. The monoisotopic (exact) mass is 178 g/mol. The average Bonchev–Trinajstić information content (AvgIpc) is 2.53. The molecule has 0 bridgehead atoms. The molecule has 1 atom stereocenters. The topological polar surface area (TPSA) is 32.8 Å². The van der Waals surface area contributed by atoms with Crippen molar-refractivity contribution >= 4 is 0 Å². The summed E-state index contributed by atoms with van der Waals surface area (Å²) in [5, 5.41) is 9.64. The van der Waals surface area contributed by atoms with E-state index >= 15 is 0 Å². The van der Waals surface area contributed by atoms with Crippen LogP contribution in [-0.2, 0) is 10.3 Å². The van der Waals surface area contributed by atoms with Crippen molar-refractivity contribution in [2.45, 2.75) is 32.0 Å². The number of benzene rings is 1. The normalized spacial score (nSPS) is 30.1. The largest absolute Gasteiger partial charge is 0.508 e. The molecular formula is C11H14O2. The molecule has 2 heteroatoms. The number of rotatable bonds is 1. The van der Waals surface area contributed by atoms with Crippen LogP contribution in [0.3, 0.4) is 0 Å². The summed E-state index contributed by atoms with van der Waals surface area (Å²) >= 11 is 0. The molecule has 1 aliphatic heterocycles. The molecule has 1 aliphatic rings. The maximum Gasteiger partial charge on any atom is 0.123 e. The first kappa shape index (κ1) is 8.57. The molecule has 1 heterocycles. The van der Waals surface area contributed by atoms with Gasteiger partial charge in [0, 0.05) is 5.56 Å². The van der Waals surface area contributed by atoms with Gasteiger partial charge in [-0.2, -0.15) is 0 Å². The zero-order valence-electron chi connectivity index (χ0n) is 8.16. The van der Waals surface area contributed by atoms with Crippen LogP contribution < -0.4 is 0 Å². The molecule has 0 radical (unpaired) electrons. The molecule has 0 amide bonds. The molecule has 1 N–H and O–H groups in total. The quantitative estimate of drug-likeness (QED) is 0.670. The fourth-order valence-electron chi connectivity index (χ4n) is 1.74. The molecule has 0 aliphatic carbocycles. The lowest BCUT2D eigenvalue weighted by Crippen LogP contribution is -2.13. The molecule has 13 heavy (non-hydrogen) atoms. The van der Waals surface area contributed by atoms with E-state index in [1.54, 1.807) is 6.07 Å². The van der Waals surface area contributed by atoms with Crippen molar-refractivity contribution in [3.63, 3.8) is 0 Å². The number of para-hydroxylation sites is 1. The molecule has 1 unspecified atom stereocenters. The fraction of sp³-hybridized carbons (Fsp3) is 0.455. The predicted molar refractivity (Wildman–Crippen MR) is 50.6 cm³/mol. The number of phenols is 1. The van der Waals surface area contributed by atoms with Gasteiger partial charge in [0.25, 0.3) is 0 Å². The van der Waals surface area contributed by atoms with Gasteiger partial charge in [0.1, 0.15) is 11.4 Å². The Morgan fingerprint density at radius 3 is 2.15 bits per heavy atom. The molecular weight excluding hydrogens is 164 g/mol. The van der Waals surface area contributed by atoms with Crippen LogP contribution >= 0.6 is 0 Å². The van der Waals surface area contributed by atoms with Crippen LogP contribution in [0.2, 0.25) is 0 Å². The van der Waals surface area contributed by atoms with E-state index in [1.165, 1.54) is 0 Å². The first-order valence-electron chi connectivity index (χ1n) is 4.46. The molecule has 0 saturated carbocycles. The third-order valence-electron chi connectivity index (χ3n) is 2.98. The second-order valence-electron chi connectivity index (χ2n) is 4.16. The molecule has 1 aromatic carbocycles. The smallest absolute Gasteiger partial charge is 0.123 e. The minimum atomic E-state index is -0.321. The highest BCUT2D eigenvalue weighted by atomic mass is 16.6. The zero-order valence-corrected chi connectivity index (χ0v) is 8.16. The summed E-state index contributed by atoms with van der Waals surface area (Å²) in [6.45, 7) is 6.06. The second kappa shape index (κ2) is 2.26. The van der Waals surface area contributed by atoms with Gasteiger partial charge in [-0.3, -0.25) is 0 Å². The van der Waals surface area contributed by atoms with Gasteiger partial charge < -0.3 is 9.84 Å². The third-order valence-corrected chi connectivity index (χ3v) is 2.98. The highest BCUT2D eigenvalue weighted by Crippen LogP contribution is 2.56. The summed E-state index contributed by atoms with van der Waals surface area (Å²) < 4.78 is 5.60. The molecule has 2 nitrogen and oxygen atoms in total. The Morgan fingerprint density at radius 1 is 1.15 bits per heavy atom. The summed E-state index contributed by atoms with van der Waals surface area (Å²) in [5.74, 6) is 0.315. The van der Waals surface area contributed by atoms with Crippen LogP contribution in [0.15, 0.2) is 24.3 Å².